The number of hydrogen-bond acceptors (Lipinski definition) is 4. The number of carboxylic acids is 1. The smallest absolute Gasteiger partial charge is 0.310 e. The van der Waals surface area contributed by atoms with Crippen LogP contribution in [0.5, 0.6) is 5.75 Å². The van der Waals surface area contributed by atoms with Gasteiger partial charge < -0.3 is 9.84 Å². The number of benzene rings is 1. The van der Waals surface area contributed by atoms with Gasteiger partial charge in [0.25, 0.3) is 0 Å². The van der Waals surface area contributed by atoms with Crippen molar-refractivity contribution in [2.45, 2.75) is 11.3 Å². The van der Waals surface area contributed by atoms with Crippen molar-refractivity contribution >= 4 is 16.0 Å². The van der Waals surface area contributed by atoms with E-state index in [-0.39, 0.29) is 17.9 Å². The maximum absolute atomic E-state index is 12.0. The summed E-state index contributed by atoms with van der Waals surface area (Å²) < 4.78 is 30.5. The Balaban J connectivity index is 2.39. The van der Waals surface area contributed by atoms with Gasteiger partial charge in [-0.25, -0.2) is 12.7 Å². The monoisotopic (exact) mass is 285 g/mol. The Morgan fingerprint density at radius 1 is 1.42 bits per heavy atom. The third-order valence-electron chi connectivity index (χ3n) is 3.07. The van der Waals surface area contributed by atoms with E-state index < -0.39 is 21.9 Å². The van der Waals surface area contributed by atoms with Crippen molar-refractivity contribution < 1.29 is 23.1 Å². The molecule has 104 valence electrons. The number of ether oxygens (including phenoxy) is 1. The lowest BCUT2D eigenvalue weighted by molar-refractivity contribution is -0.143. The van der Waals surface area contributed by atoms with Crippen molar-refractivity contribution in [2.24, 2.45) is 5.92 Å². The average molecular weight is 285 g/mol. The van der Waals surface area contributed by atoms with Crippen LogP contribution in [0.3, 0.4) is 0 Å². The van der Waals surface area contributed by atoms with Crippen LogP contribution in [0.4, 0.5) is 0 Å². The van der Waals surface area contributed by atoms with E-state index >= 15 is 0 Å². The second-order valence-corrected chi connectivity index (χ2v) is 6.76. The fourth-order valence-corrected chi connectivity index (χ4v) is 2.85. The molecule has 7 heteroatoms. The average Bonchev–Trinajstić information content (AvgIpc) is 2.37. The molecule has 1 heterocycles. The Bertz CT molecular complexity index is 609. The first-order valence-electron chi connectivity index (χ1n) is 5.73. The molecule has 2 rings (SSSR count). The topological polar surface area (TPSA) is 83.9 Å². The minimum absolute atomic E-state index is 0.113. The lowest BCUT2D eigenvalue weighted by Gasteiger charge is -2.23. The summed E-state index contributed by atoms with van der Waals surface area (Å²) in [6.45, 7) is 0.113. The maximum atomic E-state index is 12.0. The van der Waals surface area contributed by atoms with Crippen LogP contribution in [-0.4, -0.2) is 44.5 Å². The minimum atomic E-state index is -3.52. The van der Waals surface area contributed by atoms with E-state index in [4.69, 9.17) is 9.84 Å². The van der Waals surface area contributed by atoms with E-state index in [1.54, 1.807) is 6.07 Å². The molecule has 0 fully saturated rings. The highest BCUT2D eigenvalue weighted by Crippen LogP contribution is 2.30. The number of fused-ring (bicyclic) bond motifs is 1. The van der Waals surface area contributed by atoms with E-state index in [0.717, 1.165) is 4.31 Å². The first-order valence-corrected chi connectivity index (χ1v) is 7.17. The maximum Gasteiger partial charge on any atom is 0.310 e. The summed E-state index contributed by atoms with van der Waals surface area (Å²) in [6.07, 6.45) is 0.279. The molecule has 1 unspecified atom stereocenters. The zero-order chi connectivity index (χ0) is 14.2. The summed E-state index contributed by atoms with van der Waals surface area (Å²) in [5, 5.41) is 8.97. The van der Waals surface area contributed by atoms with Crippen molar-refractivity contribution in [2.75, 3.05) is 20.7 Å². The first-order chi connectivity index (χ1) is 8.82. The second-order valence-electron chi connectivity index (χ2n) is 4.61. The zero-order valence-corrected chi connectivity index (χ0v) is 11.5. The second kappa shape index (κ2) is 4.82. The number of aliphatic carboxylic acids is 1. The van der Waals surface area contributed by atoms with Crippen LogP contribution in [0, 0.1) is 5.92 Å². The molecule has 0 spiro atoms. The van der Waals surface area contributed by atoms with Crippen LogP contribution in [0.2, 0.25) is 0 Å². The molecule has 0 aliphatic carbocycles. The molecule has 0 saturated heterocycles. The summed E-state index contributed by atoms with van der Waals surface area (Å²) in [5.41, 5.74) is 0.613. The summed E-state index contributed by atoms with van der Waals surface area (Å²) in [4.78, 5) is 11.1. The summed E-state index contributed by atoms with van der Waals surface area (Å²) in [6, 6.07) is 4.53. The van der Waals surface area contributed by atoms with Crippen LogP contribution in [-0.2, 0) is 21.2 Å². The molecule has 1 N–H and O–H groups in total. The van der Waals surface area contributed by atoms with Gasteiger partial charge >= 0.3 is 5.97 Å². The van der Waals surface area contributed by atoms with Gasteiger partial charge in [0.1, 0.15) is 12.4 Å². The van der Waals surface area contributed by atoms with Gasteiger partial charge in [-0.2, -0.15) is 0 Å². The number of carbonyl (C=O) groups is 1. The molecule has 0 amide bonds. The van der Waals surface area contributed by atoms with Crippen molar-refractivity contribution in [3.63, 3.8) is 0 Å². The molecule has 19 heavy (non-hydrogen) atoms. The van der Waals surface area contributed by atoms with Gasteiger partial charge in [-0.3, -0.25) is 4.79 Å². The Hall–Kier alpha value is -1.60. The standard InChI is InChI=1S/C12H15NO5S/c1-13(2)19(16,17)10-3-4-11-8(6-10)5-9(7-18-11)12(14)15/h3-4,6,9H,5,7H2,1-2H3,(H,14,15). The number of sulfonamides is 1. The SMILES string of the molecule is CN(C)S(=O)(=O)c1ccc2c(c1)CC(C(=O)O)CO2. The molecule has 0 saturated carbocycles. The quantitative estimate of drug-likeness (QED) is 0.878. The highest BCUT2D eigenvalue weighted by atomic mass is 32.2. The van der Waals surface area contributed by atoms with E-state index in [2.05, 4.69) is 0 Å². The van der Waals surface area contributed by atoms with Crippen LogP contribution in [0.1, 0.15) is 5.56 Å². The largest absolute Gasteiger partial charge is 0.492 e. The highest BCUT2D eigenvalue weighted by molar-refractivity contribution is 7.89. The van der Waals surface area contributed by atoms with Gasteiger partial charge in [-0.05, 0) is 30.2 Å². The van der Waals surface area contributed by atoms with Gasteiger partial charge in [0.15, 0.2) is 0 Å². The van der Waals surface area contributed by atoms with Crippen molar-refractivity contribution in [3.8, 4) is 5.75 Å². The van der Waals surface area contributed by atoms with Crippen LogP contribution in [0.25, 0.3) is 0 Å². The molecule has 0 bridgehead atoms. The van der Waals surface area contributed by atoms with Crippen molar-refractivity contribution in [1.82, 2.24) is 4.31 Å². The van der Waals surface area contributed by atoms with Crippen molar-refractivity contribution in [3.05, 3.63) is 23.8 Å². The Morgan fingerprint density at radius 2 is 2.11 bits per heavy atom. The predicted octanol–water partition coefficient (Wildman–Crippen LogP) is 0.573. The number of hydrogen-bond donors (Lipinski definition) is 1. The molecule has 1 aliphatic rings. The number of nitrogens with zero attached hydrogens (tertiary/aromatic N) is 1. The number of rotatable bonds is 3. The van der Waals surface area contributed by atoms with Crippen molar-refractivity contribution in [1.29, 1.82) is 0 Å². The Morgan fingerprint density at radius 3 is 2.68 bits per heavy atom. The fourth-order valence-electron chi connectivity index (χ4n) is 1.90. The zero-order valence-electron chi connectivity index (χ0n) is 10.7. The molecule has 6 nitrogen and oxygen atoms in total. The first kappa shape index (κ1) is 13.8. The summed E-state index contributed by atoms with van der Waals surface area (Å²) in [7, 11) is -0.618. The van der Waals surface area contributed by atoms with Crippen LogP contribution >= 0.6 is 0 Å². The predicted molar refractivity (Wildman–Crippen MR) is 67.6 cm³/mol. The van der Waals surface area contributed by atoms with E-state index in [1.807, 2.05) is 0 Å². The normalized spacial score (nSPS) is 18.8. The van der Waals surface area contributed by atoms with Gasteiger partial charge in [0.05, 0.1) is 10.8 Å². The molecule has 0 aromatic heterocycles. The van der Waals surface area contributed by atoms with Gasteiger partial charge in [0.2, 0.25) is 10.0 Å². The molecule has 1 aromatic rings. The minimum Gasteiger partial charge on any atom is -0.492 e. The molecule has 1 aromatic carbocycles. The lowest BCUT2D eigenvalue weighted by Crippen LogP contribution is -2.28. The number of carboxylic acid groups (broad SMARTS) is 1. The molecular weight excluding hydrogens is 270 g/mol. The fraction of sp³-hybridized carbons (Fsp3) is 0.417. The molecule has 1 atom stereocenters. The van der Waals surface area contributed by atoms with E-state index in [0.29, 0.717) is 11.3 Å². The van der Waals surface area contributed by atoms with Gasteiger partial charge in [-0.15, -0.1) is 0 Å². The lowest BCUT2D eigenvalue weighted by atomic mass is 9.97. The van der Waals surface area contributed by atoms with Crippen LogP contribution < -0.4 is 4.74 Å². The Labute approximate surface area is 111 Å². The van der Waals surface area contributed by atoms with Gasteiger partial charge in [0, 0.05) is 14.1 Å². The summed E-state index contributed by atoms with van der Waals surface area (Å²) >= 11 is 0. The summed E-state index contributed by atoms with van der Waals surface area (Å²) in [5.74, 6) is -1.02. The third kappa shape index (κ3) is 2.57. The van der Waals surface area contributed by atoms with Crippen LogP contribution in [0.15, 0.2) is 23.1 Å². The highest BCUT2D eigenvalue weighted by Gasteiger charge is 2.27. The van der Waals surface area contributed by atoms with E-state index in [9.17, 15) is 13.2 Å². The van der Waals surface area contributed by atoms with E-state index in [1.165, 1.54) is 26.2 Å². The third-order valence-corrected chi connectivity index (χ3v) is 4.88. The molecule has 1 aliphatic heterocycles. The Kier molecular flexibility index (Phi) is 3.51. The van der Waals surface area contributed by atoms with Gasteiger partial charge in [-0.1, -0.05) is 0 Å². The molecular formula is C12H15NO5S. The molecule has 0 radical (unpaired) electrons.